The number of nitrogens with zero attached hydrogens (tertiary/aromatic N) is 1. The van der Waals surface area contributed by atoms with Crippen LogP contribution in [0.15, 0.2) is 18.2 Å². The molecule has 1 saturated heterocycles. The molecule has 4 rings (SSSR count). The van der Waals surface area contributed by atoms with E-state index in [1.165, 1.54) is 4.90 Å². The number of rotatable bonds is 2. The van der Waals surface area contributed by atoms with E-state index in [-0.39, 0.29) is 31.2 Å². The number of nitrogens with one attached hydrogen (secondary N) is 1. The number of ether oxygens (including phenoxy) is 2. The lowest BCUT2D eigenvalue weighted by Crippen LogP contribution is -2.53. The zero-order valence-corrected chi connectivity index (χ0v) is 13.1. The van der Waals surface area contributed by atoms with Gasteiger partial charge in [0.2, 0.25) is 6.79 Å². The van der Waals surface area contributed by atoms with Gasteiger partial charge in [-0.1, -0.05) is 25.8 Å². The number of hydrogen-bond donors (Lipinski definition) is 1. The van der Waals surface area contributed by atoms with Crippen molar-refractivity contribution in [3.05, 3.63) is 23.8 Å². The highest BCUT2D eigenvalue weighted by Crippen LogP contribution is 2.39. The summed E-state index contributed by atoms with van der Waals surface area (Å²) >= 11 is 0. The van der Waals surface area contributed by atoms with Crippen molar-refractivity contribution in [3.8, 4) is 11.5 Å². The van der Waals surface area contributed by atoms with Gasteiger partial charge in [0.15, 0.2) is 11.5 Å². The molecule has 23 heavy (non-hydrogen) atoms. The monoisotopic (exact) mass is 316 g/mol. The third-order valence-corrected chi connectivity index (χ3v) is 5.28. The molecular formula is C17H20N2O4. The number of benzene rings is 1. The van der Waals surface area contributed by atoms with E-state index in [9.17, 15) is 9.59 Å². The first-order valence-corrected chi connectivity index (χ1v) is 8.13. The lowest BCUT2D eigenvalue weighted by atomic mass is 9.73. The number of imide groups is 1. The van der Waals surface area contributed by atoms with Crippen molar-refractivity contribution in [1.29, 1.82) is 0 Å². The molecule has 3 amide bonds. The molecule has 0 bridgehead atoms. The van der Waals surface area contributed by atoms with E-state index >= 15 is 0 Å². The SMILES string of the molecule is C[C@@H]1CCCC[C@@]12NC(=O)N(Cc1ccc3c(c1)OCO3)C2=O. The van der Waals surface area contributed by atoms with Crippen LogP contribution in [0.5, 0.6) is 11.5 Å². The van der Waals surface area contributed by atoms with E-state index < -0.39 is 5.54 Å². The molecule has 2 atom stereocenters. The van der Waals surface area contributed by atoms with Crippen LogP contribution >= 0.6 is 0 Å². The van der Waals surface area contributed by atoms with Gasteiger partial charge in [-0.15, -0.1) is 0 Å². The molecule has 1 saturated carbocycles. The average Bonchev–Trinajstić information content (AvgIpc) is 3.09. The first-order valence-electron chi connectivity index (χ1n) is 8.13. The van der Waals surface area contributed by atoms with E-state index in [0.29, 0.717) is 11.5 Å². The Morgan fingerprint density at radius 1 is 1.26 bits per heavy atom. The molecule has 1 spiro atoms. The second-order valence-corrected chi connectivity index (χ2v) is 6.63. The molecule has 1 aromatic rings. The topological polar surface area (TPSA) is 67.9 Å². The Morgan fingerprint density at radius 3 is 2.91 bits per heavy atom. The van der Waals surface area contributed by atoms with Crippen LogP contribution in [0.1, 0.15) is 38.2 Å². The summed E-state index contributed by atoms with van der Waals surface area (Å²) in [7, 11) is 0. The molecule has 6 heteroatoms. The van der Waals surface area contributed by atoms with E-state index in [2.05, 4.69) is 12.2 Å². The molecule has 2 aliphatic heterocycles. The van der Waals surface area contributed by atoms with Crippen LogP contribution in [-0.4, -0.2) is 29.2 Å². The first-order chi connectivity index (χ1) is 11.1. The van der Waals surface area contributed by atoms with Crippen LogP contribution in [0.4, 0.5) is 4.79 Å². The summed E-state index contributed by atoms with van der Waals surface area (Å²) in [5.41, 5.74) is 0.157. The fourth-order valence-corrected chi connectivity index (χ4v) is 3.86. The van der Waals surface area contributed by atoms with Gasteiger partial charge in [-0.2, -0.15) is 0 Å². The number of carbonyl (C=O) groups excluding carboxylic acids is 2. The van der Waals surface area contributed by atoms with Crippen LogP contribution in [0.3, 0.4) is 0 Å². The van der Waals surface area contributed by atoms with Crippen LogP contribution < -0.4 is 14.8 Å². The molecule has 0 radical (unpaired) electrons. The van der Waals surface area contributed by atoms with E-state index in [1.807, 2.05) is 18.2 Å². The number of hydrogen-bond acceptors (Lipinski definition) is 4. The van der Waals surface area contributed by atoms with Crippen molar-refractivity contribution in [2.24, 2.45) is 5.92 Å². The van der Waals surface area contributed by atoms with Crippen molar-refractivity contribution in [1.82, 2.24) is 10.2 Å². The van der Waals surface area contributed by atoms with Crippen molar-refractivity contribution >= 4 is 11.9 Å². The zero-order chi connectivity index (χ0) is 16.0. The fourth-order valence-electron chi connectivity index (χ4n) is 3.86. The molecule has 1 aromatic carbocycles. The molecule has 1 N–H and O–H groups in total. The Bertz CT molecular complexity index is 675. The smallest absolute Gasteiger partial charge is 0.325 e. The van der Waals surface area contributed by atoms with Crippen LogP contribution in [0.25, 0.3) is 0 Å². The second kappa shape index (κ2) is 5.15. The maximum atomic E-state index is 12.9. The summed E-state index contributed by atoms with van der Waals surface area (Å²) in [6.07, 6.45) is 3.81. The molecule has 0 aromatic heterocycles. The van der Waals surface area contributed by atoms with Gasteiger partial charge in [0.25, 0.3) is 5.91 Å². The van der Waals surface area contributed by atoms with E-state index in [1.54, 1.807) is 0 Å². The lowest BCUT2D eigenvalue weighted by Gasteiger charge is -2.36. The Labute approximate surface area is 134 Å². The maximum absolute atomic E-state index is 12.9. The maximum Gasteiger partial charge on any atom is 0.325 e. The van der Waals surface area contributed by atoms with E-state index in [0.717, 1.165) is 31.2 Å². The Balaban J connectivity index is 1.57. The molecular weight excluding hydrogens is 296 g/mol. The third kappa shape index (κ3) is 2.16. The van der Waals surface area contributed by atoms with Crippen LogP contribution in [0, 0.1) is 5.92 Å². The fraction of sp³-hybridized carbons (Fsp3) is 0.529. The second-order valence-electron chi connectivity index (χ2n) is 6.63. The highest BCUT2D eigenvalue weighted by atomic mass is 16.7. The summed E-state index contributed by atoms with van der Waals surface area (Å²) in [6, 6.07) is 5.22. The molecule has 2 heterocycles. The van der Waals surface area contributed by atoms with Crippen molar-refractivity contribution in [2.75, 3.05) is 6.79 Å². The predicted molar refractivity (Wildman–Crippen MR) is 82.0 cm³/mol. The zero-order valence-electron chi connectivity index (χ0n) is 13.1. The highest BCUT2D eigenvalue weighted by Gasteiger charge is 2.54. The standard InChI is InChI=1S/C17H20N2O4/c1-11-4-2-3-7-17(11)15(20)19(16(21)18-17)9-12-5-6-13-14(8-12)23-10-22-13/h5-6,8,11H,2-4,7,9-10H2,1H3,(H,18,21)/t11-,17-/m1/s1. The summed E-state index contributed by atoms with van der Waals surface area (Å²) in [5, 5.41) is 2.97. The summed E-state index contributed by atoms with van der Waals surface area (Å²) < 4.78 is 10.6. The third-order valence-electron chi connectivity index (χ3n) is 5.28. The molecule has 2 fully saturated rings. The Kier molecular flexibility index (Phi) is 3.21. The summed E-state index contributed by atoms with van der Waals surface area (Å²) in [5.74, 6) is 1.44. The van der Waals surface area contributed by atoms with Crippen molar-refractivity contribution < 1.29 is 19.1 Å². The normalized spacial score (nSPS) is 29.3. The van der Waals surface area contributed by atoms with Crippen LogP contribution in [-0.2, 0) is 11.3 Å². The quantitative estimate of drug-likeness (QED) is 0.851. The largest absolute Gasteiger partial charge is 0.454 e. The minimum absolute atomic E-state index is 0.0904. The highest BCUT2D eigenvalue weighted by molar-refractivity contribution is 6.07. The van der Waals surface area contributed by atoms with E-state index in [4.69, 9.17) is 9.47 Å². The van der Waals surface area contributed by atoms with Gasteiger partial charge in [0.05, 0.1) is 6.54 Å². The van der Waals surface area contributed by atoms with Gasteiger partial charge in [0.1, 0.15) is 5.54 Å². The van der Waals surface area contributed by atoms with Gasteiger partial charge in [-0.3, -0.25) is 9.69 Å². The number of amides is 3. The molecule has 0 unspecified atom stereocenters. The molecule has 6 nitrogen and oxygen atoms in total. The predicted octanol–water partition coefficient (Wildman–Crippen LogP) is 2.42. The Morgan fingerprint density at radius 2 is 2.09 bits per heavy atom. The number of urea groups is 1. The van der Waals surface area contributed by atoms with Crippen LogP contribution in [0.2, 0.25) is 0 Å². The van der Waals surface area contributed by atoms with Gasteiger partial charge in [-0.05, 0) is 36.5 Å². The average molecular weight is 316 g/mol. The van der Waals surface area contributed by atoms with Gasteiger partial charge < -0.3 is 14.8 Å². The summed E-state index contributed by atoms with van der Waals surface area (Å²) in [6.45, 7) is 2.53. The lowest BCUT2D eigenvalue weighted by molar-refractivity contribution is -0.134. The Hall–Kier alpha value is -2.24. The first kappa shape index (κ1) is 14.4. The van der Waals surface area contributed by atoms with Gasteiger partial charge in [0, 0.05) is 0 Å². The minimum Gasteiger partial charge on any atom is -0.454 e. The van der Waals surface area contributed by atoms with Gasteiger partial charge >= 0.3 is 6.03 Å². The van der Waals surface area contributed by atoms with Crippen molar-refractivity contribution in [2.45, 2.75) is 44.7 Å². The summed E-state index contributed by atoms with van der Waals surface area (Å²) in [4.78, 5) is 26.6. The minimum atomic E-state index is -0.703. The van der Waals surface area contributed by atoms with Crippen molar-refractivity contribution in [3.63, 3.8) is 0 Å². The molecule has 122 valence electrons. The number of carbonyl (C=O) groups is 2. The molecule has 1 aliphatic carbocycles. The van der Waals surface area contributed by atoms with Gasteiger partial charge in [-0.25, -0.2) is 4.79 Å². The molecule has 3 aliphatic rings. The number of fused-ring (bicyclic) bond motifs is 1.